The van der Waals surface area contributed by atoms with E-state index in [1.165, 1.54) is 0 Å². The topological polar surface area (TPSA) is 55.0 Å². The Morgan fingerprint density at radius 1 is 0.962 bits per heavy atom. The molecule has 4 aromatic rings. The normalized spacial score (nSPS) is 10.8. The van der Waals surface area contributed by atoms with E-state index in [4.69, 9.17) is 4.74 Å². The van der Waals surface area contributed by atoms with Crippen LogP contribution in [0.2, 0.25) is 0 Å². The molecular weight excluding hydrogens is 392 g/mol. The first-order valence-corrected chi connectivity index (χ1v) is 8.95. The molecule has 3 aromatic carbocycles. The summed E-state index contributed by atoms with van der Waals surface area (Å²) in [5.41, 5.74) is 2.41. The maximum absolute atomic E-state index is 12.3. The van der Waals surface area contributed by atoms with Crippen molar-refractivity contribution in [3.63, 3.8) is 0 Å². The van der Waals surface area contributed by atoms with Crippen molar-refractivity contribution < 1.29 is 4.74 Å². The maximum atomic E-state index is 12.3. The van der Waals surface area contributed by atoms with Gasteiger partial charge in [0.2, 0.25) is 0 Å². The molecule has 0 radical (unpaired) electrons. The van der Waals surface area contributed by atoms with E-state index in [1.54, 1.807) is 6.07 Å². The average molecular weight is 407 g/mol. The number of nitrogens with one attached hydrogen (secondary N) is 1. The first-order valence-electron chi connectivity index (χ1n) is 8.16. The molecule has 0 saturated carbocycles. The Balaban J connectivity index is 1.61. The van der Waals surface area contributed by atoms with Gasteiger partial charge in [0, 0.05) is 10.0 Å². The number of benzene rings is 3. The van der Waals surface area contributed by atoms with Crippen LogP contribution in [0.1, 0.15) is 5.56 Å². The molecule has 0 fully saturated rings. The fourth-order valence-electron chi connectivity index (χ4n) is 2.70. The van der Waals surface area contributed by atoms with Gasteiger partial charge in [-0.25, -0.2) is 4.98 Å². The van der Waals surface area contributed by atoms with Crippen LogP contribution >= 0.6 is 15.9 Å². The van der Waals surface area contributed by atoms with E-state index in [0.717, 1.165) is 21.3 Å². The van der Waals surface area contributed by atoms with Gasteiger partial charge in [0.05, 0.1) is 10.9 Å². The summed E-state index contributed by atoms with van der Waals surface area (Å²) in [6, 6.07) is 22.9. The smallest absolute Gasteiger partial charge is 0.259 e. The number of hydrogen-bond acceptors (Lipinski definition) is 3. The Hall–Kier alpha value is -2.92. The van der Waals surface area contributed by atoms with Crippen molar-refractivity contribution in [2.45, 2.75) is 6.61 Å². The van der Waals surface area contributed by atoms with Crippen LogP contribution in [0.5, 0.6) is 5.75 Å². The fourth-order valence-corrected chi connectivity index (χ4v) is 2.97. The number of nitrogens with zero attached hydrogens (tertiary/aromatic N) is 1. The first kappa shape index (κ1) is 16.5. The molecule has 4 nitrogen and oxygen atoms in total. The second kappa shape index (κ2) is 7.14. The number of para-hydroxylation sites is 1. The second-order valence-electron chi connectivity index (χ2n) is 5.87. The van der Waals surface area contributed by atoms with Gasteiger partial charge in [0.1, 0.15) is 18.2 Å². The van der Waals surface area contributed by atoms with Gasteiger partial charge in [0.15, 0.2) is 0 Å². The standard InChI is InChI=1S/C21H15BrN2O2/c22-16-10-8-14(9-11-16)13-26-17-5-3-4-15(12-17)20-23-19-7-2-1-6-18(19)21(25)24-20/h1-12H,13H2,(H,23,24,25). The van der Waals surface area contributed by atoms with Gasteiger partial charge in [-0.15, -0.1) is 0 Å². The summed E-state index contributed by atoms with van der Waals surface area (Å²) in [7, 11) is 0. The van der Waals surface area contributed by atoms with Gasteiger partial charge < -0.3 is 9.72 Å². The summed E-state index contributed by atoms with van der Waals surface area (Å²) in [6.07, 6.45) is 0. The molecule has 26 heavy (non-hydrogen) atoms. The van der Waals surface area contributed by atoms with Gasteiger partial charge in [-0.2, -0.15) is 0 Å². The molecule has 5 heteroatoms. The number of aromatic amines is 1. The van der Waals surface area contributed by atoms with Crippen molar-refractivity contribution in [1.82, 2.24) is 9.97 Å². The van der Waals surface area contributed by atoms with Gasteiger partial charge in [-0.05, 0) is 42.0 Å². The van der Waals surface area contributed by atoms with E-state index in [0.29, 0.717) is 23.3 Å². The minimum Gasteiger partial charge on any atom is -0.489 e. The molecule has 1 heterocycles. The van der Waals surface area contributed by atoms with Crippen molar-refractivity contribution in [3.8, 4) is 17.1 Å². The lowest BCUT2D eigenvalue weighted by Gasteiger charge is -2.09. The Bertz CT molecular complexity index is 1120. The summed E-state index contributed by atoms with van der Waals surface area (Å²) in [5.74, 6) is 1.25. The Labute approximate surface area is 158 Å². The Morgan fingerprint density at radius 3 is 2.62 bits per heavy atom. The lowest BCUT2D eigenvalue weighted by molar-refractivity contribution is 0.306. The minimum absolute atomic E-state index is 0.146. The van der Waals surface area contributed by atoms with Crippen LogP contribution in [0.25, 0.3) is 22.3 Å². The lowest BCUT2D eigenvalue weighted by atomic mass is 10.2. The van der Waals surface area contributed by atoms with Gasteiger partial charge in [-0.3, -0.25) is 4.79 Å². The molecule has 128 valence electrons. The molecule has 1 N–H and O–H groups in total. The van der Waals surface area contributed by atoms with Crippen LogP contribution in [-0.4, -0.2) is 9.97 Å². The minimum atomic E-state index is -0.146. The summed E-state index contributed by atoms with van der Waals surface area (Å²) in [6.45, 7) is 0.471. The fraction of sp³-hybridized carbons (Fsp3) is 0.0476. The quantitative estimate of drug-likeness (QED) is 0.522. The third-order valence-corrected chi connectivity index (χ3v) is 4.57. The summed E-state index contributed by atoms with van der Waals surface area (Å²) in [4.78, 5) is 19.7. The number of aromatic nitrogens is 2. The third-order valence-electron chi connectivity index (χ3n) is 4.04. The summed E-state index contributed by atoms with van der Waals surface area (Å²) >= 11 is 3.42. The molecule has 0 aliphatic heterocycles. The van der Waals surface area contributed by atoms with E-state index in [9.17, 15) is 4.79 Å². The second-order valence-corrected chi connectivity index (χ2v) is 6.79. The zero-order chi connectivity index (χ0) is 17.9. The molecule has 4 rings (SSSR count). The van der Waals surface area contributed by atoms with Gasteiger partial charge >= 0.3 is 0 Å². The molecule has 0 aliphatic rings. The lowest BCUT2D eigenvalue weighted by Crippen LogP contribution is -2.09. The van der Waals surface area contributed by atoms with Crippen molar-refractivity contribution in [1.29, 1.82) is 0 Å². The largest absolute Gasteiger partial charge is 0.489 e. The van der Waals surface area contributed by atoms with Gasteiger partial charge in [0.25, 0.3) is 5.56 Å². The molecule has 1 aromatic heterocycles. The molecule has 0 atom stereocenters. The predicted molar refractivity (Wildman–Crippen MR) is 106 cm³/mol. The molecule has 0 unspecified atom stereocenters. The Morgan fingerprint density at radius 2 is 1.77 bits per heavy atom. The van der Waals surface area contributed by atoms with Gasteiger partial charge in [-0.1, -0.05) is 52.3 Å². The van der Waals surface area contributed by atoms with E-state index >= 15 is 0 Å². The predicted octanol–water partition coefficient (Wildman–Crippen LogP) is 4.93. The molecule has 0 aliphatic carbocycles. The average Bonchev–Trinajstić information content (AvgIpc) is 2.68. The number of fused-ring (bicyclic) bond motifs is 1. The number of halogens is 1. The highest BCUT2D eigenvalue weighted by molar-refractivity contribution is 9.10. The van der Waals surface area contributed by atoms with Crippen molar-refractivity contribution >= 4 is 26.8 Å². The van der Waals surface area contributed by atoms with E-state index in [2.05, 4.69) is 25.9 Å². The van der Waals surface area contributed by atoms with E-state index < -0.39 is 0 Å². The highest BCUT2D eigenvalue weighted by atomic mass is 79.9. The SMILES string of the molecule is O=c1[nH]c(-c2cccc(OCc3ccc(Br)cc3)c2)nc2ccccc12. The monoisotopic (exact) mass is 406 g/mol. The van der Waals surface area contributed by atoms with Crippen LogP contribution in [-0.2, 0) is 6.61 Å². The molecule has 0 spiro atoms. The first-order chi connectivity index (χ1) is 12.7. The van der Waals surface area contributed by atoms with Crippen LogP contribution in [0.15, 0.2) is 82.1 Å². The van der Waals surface area contributed by atoms with Crippen LogP contribution in [0.4, 0.5) is 0 Å². The highest BCUT2D eigenvalue weighted by Gasteiger charge is 2.07. The van der Waals surface area contributed by atoms with Crippen molar-refractivity contribution in [3.05, 3.63) is 93.2 Å². The highest BCUT2D eigenvalue weighted by Crippen LogP contribution is 2.22. The summed E-state index contributed by atoms with van der Waals surface area (Å²) < 4.78 is 6.91. The summed E-state index contributed by atoms with van der Waals surface area (Å²) in [5, 5.41) is 0.582. The van der Waals surface area contributed by atoms with Crippen LogP contribution < -0.4 is 10.3 Å². The number of ether oxygens (including phenoxy) is 1. The third kappa shape index (κ3) is 3.53. The van der Waals surface area contributed by atoms with E-state index in [1.807, 2.05) is 66.7 Å². The molecule has 0 saturated heterocycles. The maximum Gasteiger partial charge on any atom is 0.259 e. The molecular formula is C21H15BrN2O2. The van der Waals surface area contributed by atoms with Crippen molar-refractivity contribution in [2.24, 2.45) is 0 Å². The van der Waals surface area contributed by atoms with Crippen LogP contribution in [0.3, 0.4) is 0 Å². The molecule has 0 bridgehead atoms. The van der Waals surface area contributed by atoms with Crippen LogP contribution in [0, 0.1) is 0 Å². The number of hydrogen-bond donors (Lipinski definition) is 1. The van der Waals surface area contributed by atoms with Crippen molar-refractivity contribution in [2.75, 3.05) is 0 Å². The zero-order valence-electron chi connectivity index (χ0n) is 13.8. The Kier molecular flexibility index (Phi) is 4.54. The number of rotatable bonds is 4. The molecule has 0 amide bonds. The number of H-pyrrole nitrogens is 1. The van der Waals surface area contributed by atoms with E-state index in [-0.39, 0.29) is 5.56 Å². The zero-order valence-corrected chi connectivity index (χ0v) is 15.4.